The predicted octanol–water partition coefficient (Wildman–Crippen LogP) is 3.51. The highest BCUT2D eigenvalue weighted by molar-refractivity contribution is 7.80. The minimum absolute atomic E-state index is 0.588. The average Bonchev–Trinajstić information content (AvgIpc) is 2.99. The molecule has 0 spiro atoms. The van der Waals surface area contributed by atoms with Crippen LogP contribution in [0.25, 0.3) is 10.9 Å². The van der Waals surface area contributed by atoms with Crippen molar-refractivity contribution in [1.82, 2.24) is 15.3 Å². The Kier molecular flexibility index (Phi) is 4.68. The van der Waals surface area contributed by atoms with Crippen LogP contribution in [0, 0.1) is 0 Å². The summed E-state index contributed by atoms with van der Waals surface area (Å²) >= 11 is 5.36. The summed E-state index contributed by atoms with van der Waals surface area (Å²) < 4.78 is 0. The van der Waals surface area contributed by atoms with Crippen LogP contribution in [0.1, 0.15) is 11.1 Å². The molecule has 0 aliphatic rings. The van der Waals surface area contributed by atoms with Crippen molar-refractivity contribution in [3.63, 3.8) is 0 Å². The molecule has 0 saturated carbocycles. The Labute approximate surface area is 140 Å². The van der Waals surface area contributed by atoms with Gasteiger partial charge in [-0.25, -0.2) is 0 Å². The molecule has 3 rings (SSSR count). The van der Waals surface area contributed by atoms with Crippen LogP contribution in [0.15, 0.2) is 65.9 Å². The third-order valence-corrected chi connectivity index (χ3v) is 4.00. The van der Waals surface area contributed by atoms with Gasteiger partial charge >= 0.3 is 0 Å². The normalized spacial score (nSPS) is 11.0. The van der Waals surface area contributed by atoms with Crippen LogP contribution in [0.4, 0.5) is 0 Å². The fourth-order valence-corrected chi connectivity index (χ4v) is 2.49. The number of fused-ring (bicyclic) bond motifs is 1. The summed E-state index contributed by atoms with van der Waals surface area (Å²) in [5, 5.41) is 5.98. The second-order valence-corrected chi connectivity index (χ2v) is 5.69. The van der Waals surface area contributed by atoms with Crippen molar-refractivity contribution in [3.05, 3.63) is 71.9 Å². The number of hydrogen-bond donors (Lipinski definition) is 2. The molecule has 1 aromatic heterocycles. The molecule has 3 aromatic rings. The fourth-order valence-electron chi connectivity index (χ4n) is 2.37. The number of hydrazone groups is 1. The summed E-state index contributed by atoms with van der Waals surface area (Å²) in [6.45, 7) is 0.745. The van der Waals surface area contributed by atoms with Crippen LogP contribution in [0.5, 0.6) is 0 Å². The largest absolute Gasteiger partial charge is 0.361 e. The Bertz CT molecular complexity index is 823. The van der Waals surface area contributed by atoms with Gasteiger partial charge in [0.2, 0.25) is 0 Å². The maximum absolute atomic E-state index is 5.36. The zero-order valence-corrected chi connectivity index (χ0v) is 13.7. The number of thiocarbonyl (C=S) groups is 1. The van der Waals surface area contributed by atoms with Gasteiger partial charge in [-0.2, -0.15) is 5.10 Å². The number of benzene rings is 2. The molecule has 0 unspecified atom stereocenters. The fraction of sp³-hybridized carbons (Fsp3) is 0.111. The Morgan fingerprint density at radius 3 is 2.74 bits per heavy atom. The summed E-state index contributed by atoms with van der Waals surface area (Å²) in [5.41, 5.74) is 6.25. The zero-order valence-electron chi connectivity index (χ0n) is 12.9. The van der Waals surface area contributed by atoms with E-state index in [-0.39, 0.29) is 0 Å². The highest BCUT2D eigenvalue weighted by Gasteiger charge is 2.04. The summed E-state index contributed by atoms with van der Waals surface area (Å²) in [5.74, 6) is 0. The van der Waals surface area contributed by atoms with Crippen LogP contribution in [0.2, 0.25) is 0 Å². The molecular weight excluding hydrogens is 304 g/mol. The Morgan fingerprint density at radius 2 is 1.91 bits per heavy atom. The van der Waals surface area contributed by atoms with Crippen molar-refractivity contribution in [2.24, 2.45) is 5.10 Å². The second kappa shape index (κ2) is 7.07. The number of aromatic nitrogens is 1. The number of nitrogens with zero attached hydrogens (tertiary/aromatic N) is 2. The molecule has 116 valence electrons. The molecule has 0 fully saturated rings. The quantitative estimate of drug-likeness (QED) is 0.439. The van der Waals surface area contributed by atoms with E-state index in [0.29, 0.717) is 5.11 Å². The van der Waals surface area contributed by atoms with Crippen molar-refractivity contribution in [2.45, 2.75) is 6.54 Å². The van der Waals surface area contributed by atoms with E-state index in [1.54, 1.807) is 6.21 Å². The first-order valence-electron chi connectivity index (χ1n) is 7.38. The molecule has 2 N–H and O–H groups in total. The van der Waals surface area contributed by atoms with Gasteiger partial charge in [0.1, 0.15) is 0 Å². The third-order valence-electron chi connectivity index (χ3n) is 3.59. The van der Waals surface area contributed by atoms with Gasteiger partial charge in [-0.1, -0.05) is 48.5 Å². The van der Waals surface area contributed by atoms with Gasteiger partial charge < -0.3 is 9.88 Å². The summed E-state index contributed by atoms with van der Waals surface area (Å²) in [7, 11) is 1.95. The molecular formula is C18H18N4S. The molecule has 0 amide bonds. The maximum Gasteiger partial charge on any atom is 0.189 e. The molecule has 23 heavy (non-hydrogen) atoms. The lowest BCUT2D eigenvalue weighted by Gasteiger charge is -2.19. The van der Waals surface area contributed by atoms with E-state index in [9.17, 15) is 0 Å². The molecule has 4 nitrogen and oxygen atoms in total. The van der Waals surface area contributed by atoms with Crippen molar-refractivity contribution < 1.29 is 0 Å². The minimum Gasteiger partial charge on any atom is -0.361 e. The van der Waals surface area contributed by atoms with Crippen LogP contribution in [0.3, 0.4) is 0 Å². The van der Waals surface area contributed by atoms with Crippen molar-refractivity contribution >= 4 is 34.4 Å². The van der Waals surface area contributed by atoms with Gasteiger partial charge in [0.05, 0.1) is 6.21 Å². The van der Waals surface area contributed by atoms with Gasteiger partial charge in [-0.05, 0) is 23.8 Å². The highest BCUT2D eigenvalue weighted by atomic mass is 32.1. The lowest BCUT2D eigenvalue weighted by Crippen LogP contribution is -2.33. The number of aromatic amines is 1. The molecule has 1 heterocycles. The average molecular weight is 322 g/mol. The van der Waals surface area contributed by atoms with E-state index in [1.807, 2.05) is 54.5 Å². The molecule has 0 aliphatic heterocycles. The van der Waals surface area contributed by atoms with Crippen LogP contribution in [-0.2, 0) is 6.54 Å². The Hall–Kier alpha value is -2.66. The molecule has 5 heteroatoms. The summed E-state index contributed by atoms with van der Waals surface area (Å²) in [6, 6.07) is 18.3. The molecule has 0 bridgehead atoms. The minimum atomic E-state index is 0.588. The van der Waals surface area contributed by atoms with E-state index in [4.69, 9.17) is 12.2 Å². The Balaban J connectivity index is 1.60. The van der Waals surface area contributed by atoms with E-state index < -0.39 is 0 Å². The maximum atomic E-state index is 5.36. The van der Waals surface area contributed by atoms with E-state index in [1.165, 1.54) is 5.56 Å². The summed E-state index contributed by atoms with van der Waals surface area (Å²) in [4.78, 5) is 5.18. The molecule has 2 aromatic carbocycles. The molecule has 0 radical (unpaired) electrons. The predicted molar refractivity (Wildman–Crippen MR) is 99.5 cm³/mol. The standard InChI is InChI=1S/C18H18N4S/c1-22(13-14-7-3-2-4-8-14)18(23)21-20-12-15-11-19-17-10-6-5-9-16(15)17/h2-12,19H,13H2,1H3,(H,21,23)/b20-12-. The van der Waals surface area contributed by atoms with Gasteiger partial charge in [-0.15, -0.1) is 0 Å². The van der Waals surface area contributed by atoms with Crippen molar-refractivity contribution in [1.29, 1.82) is 0 Å². The number of para-hydroxylation sites is 1. The SMILES string of the molecule is CN(Cc1ccccc1)C(=S)N/N=C\c1c[nH]c2ccccc12. The van der Waals surface area contributed by atoms with Gasteiger partial charge in [-0.3, -0.25) is 5.43 Å². The third kappa shape index (κ3) is 3.76. The lowest BCUT2D eigenvalue weighted by molar-refractivity contribution is 0.491. The van der Waals surface area contributed by atoms with Crippen LogP contribution >= 0.6 is 12.2 Å². The smallest absolute Gasteiger partial charge is 0.189 e. The Morgan fingerprint density at radius 1 is 1.17 bits per heavy atom. The van der Waals surface area contributed by atoms with E-state index in [0.717, 1.165) is 23.0 Å². The number of hydrogen-bond acceptors (Lipinski definition) is 2. The van der Waals surface area contributed by atoms with Crippen molar-refractivity contribution in [3.8, 4) is 0 Å². The van der Waals surface area contributed by atoms with Gasteiger partial charge in [0.15, 0.2) is 5.11 Å². The topological polar surface area (TPSA) is 43.4 Å². The van der Waals surface area contributed by atoms with Crippen LogP contribution < -0.4 is 5.43 Å². The van der Waals surface area contributed by atoms with Gasteiger partial charge in [0.25, 0.3) is 0 Å². The second-order valence-electron chi connectivity index (χ2n) is 5.31. The first-order valence-corrected chi connectivity index (χ1v) is 7.79. The zero-order chi connectivity index (χ0) is 16.1. The molecule has 0 atom stereocenters. The van der Waals surface area contributed by atoms with E-state index >= 15 is 0 Å². The molecule has 0 saturated heterocycles. The van der Waals surface area contributed by atoms with Crippen LogP contribution in [-0.4, -0.2) is 28.3 Å². The number of H-pyrrole nitrogens is 1. The monoisotopic (exact) mass is 322 g/mol. The first-order chi connectivity index (χ1) is 11.2. The number of nitrogens with one attached hydrogen (secondary N) is 2. The molecule has 0 aliphatic carbocycles. The lowest BCUT2D eigenvalue weighted by atomic mass is 10.2. The van der Waals surface area contributed by atoms with E-state index in [2.05, 4.69) is 33.7 Å². The summed E-state index contributed by atoms with van der Waals surface area (Å²) in [6.07, 6.45) is 3.72. The highest BCUT2D eigenvalue weighted by Crippen LogP contribution is 2.15. The van der Waals surface area contributed by atoms with Crippen molar-refractivity contribution in [2.75, 3.05) is 7.05 Å². The van der Waals surface area contributed by atoms with Gasteiger partial charge in [0, 0.05) is 36.3 Å². The number of rotatable bonds is 4. The first kappa shape index (κ1) is 15.2.